The van der Waals surface area contributed by atoms with E-state index in [1.54, 1.807) is 19.1 Å². The van der Waals surface area contributed by atoms with E-state index in [1.807, 2.05) is 6.07 Å². The Kier molecular flexibility index (Phi) is 9.06. The predicted octanol–water partition coefficient (Wildman–Crippen LogP) is 8.56. The van der Waals surface area contributed by atoms with Gasteiger partial charge in [-0.1, -0.05) is 19.9 Å². The Morgan fingerprint density at radius 3 is 2.20 bits per heavy atom. The van der Waals surface area contributed by atoms with Gasteiger partial charge in [0.25, 0.3) is 0 Å². The van der Waals surface area contributed by atoms with Crippen LogP contribution in [0.15, 0.2) is 42.0 Å². The topological polar surface area (TPSA) is 65.1 Å². The van der Waals surface area contributed by atoms with E-state index in [1.165, 1.54) is 26.0 Å². The van der Waals surface area contributed by atoms with Gasteiger partial charge in [-0.05, 0) is 91.1 Å². The van der Waals surface area contributed by atoms with E-state index in [9.17, 15) is 35.9 Å². The van der Waals surface area contributed by atoms with E-state index >= 15 is 0 Å². The van der Waals surface area contributed by atoms with Crippen molar-refractivity contribution in [3.05, 3.63) is 69.8 Å². The molecule has 6 nitrogen and oxygen atoms in total. The lowest BCUT2D eigenvalue weighted by molar-refractivity contribution is -0.144. The molecule has 0 saturated carbocycles. The molecule has 1 amide bonds. The summed E-state index contributed by atoms with van der Waals surface area (Å²) in [6.45, 7) is 7.45. The van der Waals surface area contributed by atoms with E-state index in [-0.39, 0.29) is 23.6 Å². The van der Waals surface area contributed by atoms with Crippen molar-refractivity contribution in [2.24, 2.45) is 5.41 Å². The third-order valence-electron chi connectivity index (χ3n) is 8.47. The Morgan fingerprint density at radius 2 is 1.66 bits per heavy atom. The summed E-state index contributed by atoms with van der Waals surface area (Å²) < 4.78 is 97.2. The monoisotopic (exact) mass is 627 g/mol. The van der Waals surface area contributed by atoms with Gasteiger partial charge in [-0.3, -0.25) is 9.69 Å². The normalized spacial score (nSPS) is 21.3. The molecule has 240 valence electrons. The zero-order valence-electron chi connectivity index (χ0n) is 25.3. The number of esters is 1. The molecule has 0 bridgehead atoms. The maximum absolute atomic E-state index is 13.5. The molecule has 2 aliphatic rings. The molecule has 0 N–H and O–H groups in total. The summed E-state index contributed by atoms with van der Waals surface area (Å²) in [7, 11) is 2.82. The number of nitrogens with zero attached hydrogens (tertiary/aromatic N) is 1. The fourth-order valence-electron chi connectivity index (χ4n) is 5.94. The van der Waals surface area contributed by atoms with Crippen molar-refractivity contribution in [1.29, 1.82) is 0 Å². The largest absolute Gasteiger partial charge is 0.496 e. The van der Waals surface area contributed by atoms with Gasteiger partial charge < -0.3 is 14.2 Å². The predicted molar refractivity (Wildman–Crippen MR) is 150 cm³/mol. The number of rotatable bonds is 7. The number of halogens is 6. The summed E-state index contributed by atoms with van der Waals surface area (Å²) >= 11 is 0. The van der Waals surface area contributed by atoms with Crippen molar-refractivity contribution < 1.29 is 50.1 Å². The first-order chi connectivity index (χ1) is 20.4. The Morgan fingerprint density at radius 1 is 1.05 bits per heavy atom. The molecule has 3 atom stereocenters. The van der Waals surface area contributed by atoms with Crippen molar-refractivity contribution >= 4 is 17.6 Å². The molecule has 4 rings (SSSR count). The molecule has 1 saturated heterocycles. The van der Waals surface area contributed by atoms with Crippen molar-refractivity contribution in [1.82, 2.24) is 4.90 Å². The van der Waals surface area contributed by atoms with Gasteiger partial charge in [0.1, 0.15) is 11.9 Å². The summed E-state index contributed by atoms with van der Waals surface area (Å²) in [6, 6.07) is 5.74. The van der Waals surface area contributed by atoms with E-state index in [0.29, 0.717) is 36.3 Å². The number of hydrogen-bond donors (Lipinski definition) is 0. The highest BCUT2D eigenvalue weighted by molar-refractivity contribution is 5.80. The maximum atomic E-state index is 13.5. The number of methoxy groups -OCH3 is 2. The van der Waals surface area contributed by atoms with E-state index < -0.39 is 53.6 Å². The summed E-state index contributed by atoms with van der Waals surface area (Å²) in [5.74, 6) is -0.420. The van der Waals surface area contributed by atoms with Crippen LogP contribution in [0.1, 0.15) is 86.8 Å². The summed E-state index contributed by atoms with van der Waals surface area (Å²) in [5.41, 5.74) is -0.321. The van der Waals surface area contributed by atoms with Crippen LogP contribution in [-0.4, -0.2) is 43.8 Å². The highest BCUT2D eigenvalue weighted by Crippen LogP contribution is 2.47. The van der Waals surface area contributed by atoms with Crippen LogP contribution in [-0.2, 0) is 26.6 Å². The van der Waals surface area contributed by atoms with Crippen LogP contribution in [0.5, 0.6) is 5.75 Å². The first kappa shape index (κ1) is 33.2. The average Bonchev–Trinajstić information content (AvgIpc) is 3.23. The Labute approximate surface area is 252 Å². The van der Waals surface area contributed by atoms with Gasteiger partial charge in [-0.15, -0.1) is 0 Å². The highest BCUT2D eigenvalue weighted by atomic mass is 19.4. The van der Waals surface area contributed by atoms with Crippen molar-refractivity contribution in [3.8, 4) is 5.75 Å². The Balaban J connectivity index is 1.75. The lowest BCUT2D eigenvalue weighted by Crippen LogP contribution is -2.35. The van der Waals surface area contributed by atoms with E-state index in [4.69, 9.17) is 14.2 Å². The van der Waals surface area contributed by atoms with Crippen LogP contribution in [0.4, 0.5) is 31.1 Å². The molecule has 0 aromatic heterocycles. The van der Waals surface area contributed by atoms with Gasteiger partial charge in [0.2, 0.25) is 0 Å². The molecule has 12 heteroatoms. The third kappa shape index (κ3) is 6.83. The number of ether oxygens (including phenoxy) is 3. The fraction of sp³-hybridized carbons (Fsp3) is 0.500. The van der Waals surface area contributed by atoms with Crippen molar-refractivity contribution in [3.63, 3.8) is 0 Å². The zero-order valence-corrected chi connectivity index (χ0v) is 25.3. The number of carbonyl (C=O) groups is 2. The quantitative estimate of drug-likeness (QED) is 0.227. The van der Waals surface area contributed by atoms with E-state index in [2.05, 4.69) is 13.8 Å². The van der Waals surface area contributed by atoms with E-state index in [0.717, 1.165) is 23.1 Å². The van der Waals surface area contributed by atoms with Gasteiger partial charge in [-0.25, -0.2) is 4.79 Å². The summed E-state index contributed by atoms with van der Waals surface area (Å²) in [4.78, 5) is 26.7. The number of carbonyl (C=O) groups excluding carboxylic acids is 2. The SMILES string of the molecule is COC(=O)C(C)c1ccc(OC)c(C2=C(CN3C(=O)OC(c4cc(C(F)(F)F)cc(C(F)(F)F)c4)C3C)CC(C)(C)CC2)c1. The second-order valence-corrected chi connectivity index (χ2v) is 12.1. The second-order valence-electron chi connectivity index (χ2n) is 12.1. The van der Waals surface area contributed by atoms with Crippen LogP contribution in [0, 0.1) is 5.41 Å². The van der Waals surface area contributed by atoms with Gasteiger partial charge in [0.15, 0.2) is 0 Å². The Bertz CT molecular complexity index is 1430. The molecule has 2 aromatic rings. The average molecular weight is 628 g/mol. The maximum Gasteiger partial charge on any atom is 0.416 e. The number of benzene rings is 2. The first-order valence-electron chi connectivity index (χ1n) is 14.1. The molecular weight excluding hydrogens is 592 g/mol. The molecule has 1 aliphatic heterocycles. The molecule has 2 aromatic carbocycles. The molecule has 0 radical (unpaired) electrons. The molecule has 1 aliphatic carbocycles. The second kappa shape index (κ2) is 12.0. The van der Waals surface area contributed by atoms with Crippen LogP contribution >= 0.6 is 0 Å². The number of allylic oxidation sites excluding steroid dienone is 1. The minimum atomic E-state index is -5.03. The number of amides is 1. The summed E-state index contributed by atoms with van der Waals surface area (Å²) in [5, 5.41) is 0. The molecule has 0 spiro atoms. The van der Waals surface area contributed by atoms with Gasteiger partial charge in [0.05, 0.1) is 37.3 Å². The first-order valence-corrected chi connectivity index (χ1v) is 14.1. The van der Waals surface area contributed by atoms with Crippen LogP contribution < -0.4 is 4.74 Å². The summed E-state index contributed by atoms with van der Waals surface area (Å²) in [6.07, 6.45) is -10.3. The smallest absolute Gasteiger partial charge is 0.416 e. The number of cyclic esters (lactones) is 1. The van der Waals surface area contributed by atoms with Gasteiger partial charge in [0, 0.05) is 12.1 Å². The fourth-order valence-corrected chi connectivity index (χ4v) is 5.94. The molecule has 1 heterocycles. The third-order valence-corrected chi connectivity index (χ3v) is 8.47. The van der Waals surface area contributed by atoms with Gasteiger partial charge >= 0.3 is 24.4 Å². The molecule has 1 fully saturated rings. The van der Waals surface area contributed by atoms with Crippen LogP contribution in [0.25, 0.3) is 5.57 Å². The van der Waals surface area contributed by atoms with Crippen molar-refractivity contribution in [2.75, 3.05) is 20.8 Å². The van der Waals surface area contributed by atoms with Gasteiger partial charge in [-0.2, -0.15) is 26.3 Å². The molecule has 3 unspecified atom stereocenters. The standard InChI is InChI=1S/C32H35F6NO5/c1-17(28(40)43-6)19-7-8-26(42-5)25(13-19)24-9-10-30(3,4)15-21(24)16-39-18(2)27(44-29(39)41)20-11-22(31(33,34)35)14-23(12-20)32(36,37)38/h7-8,11-14,17-18,27H,9-10,15-16H2,1-6H3. The zero-order chi connectivity index (χ0) is 32.8. The Hall–Kier alpha value is -3.70. The number of hydrogen-bond acceptors (Lipinski definition) is 5. The molecule has 44 heavy (non-hydrogen) atoms. The lowest BCUT2D eigenvalue weighted by atomic mass is 9.72. The number of alkyl halides is 6. The van der Waals surface area contributed by atoms with Crippen molar-refractivity contribution in [2.45, 2.75) is 77.4 Å². The highest BCUT2D eigenvalue weighted by Gasteiger charge is 2.44. The molecular formula is C32H35F6NO5. The minimum absolute atomic E-state index is 0.0420. The van der Waals surface area contributed by atoms with Crippen LogP contribution in [0.2, 0.25) is 0 Å². The minimum Gasteiger partial charge on any atom is -0.496 e. The lowest BCUT2D eigenvalue weighted by Gasteiger charge is -2.36. The van der Waals surface area contributed by atoms with Crippen LogP contribution in [0.3, 0.4) is 0 Å².